The Balaban J connectivity index is 1.62. The number of hydrogen-bond donors (Lipinski definition) is 2. The number of methoxy groups -OCH3 is 2. The molecule has 2 heterocycles. The summed E-state index contributed by atoms with van der Waals surface area (Å²) in [6.45, 7) is 5.16. The molecule has 1 fully saturated rings. The second-order valence-corrected chi connectivity index (χ2v) is 6.99. The summed E-state index contributed by atoms with van der Waals surface area (Å²) in [6.07, 6.45) is 0. The standard InChI is InChI=1S/C22H27N5O3/c1-28-19-14-17-18(15-20(19)29-2)25-22(23-8-9-27-10-12-30-13-11-27)26-21(17)24-16-6-4-3-5-7-16/h3-7,14-15H,8-13H2,1-2H3,(H2,23,24,25,26). The third kappa shape index (κ3) is 4.72. The van der Waals surface area contributed by atoms with Crippen LogP contribution in [0.15, 0.2) is 42.5 Å². The molecule has 1 aliphatic heterocycles. The average Bonchev–Trinajstić information content (AvgIpc) is 2.79. The maximum atomic E-state index is 5.47. The smallest absolute Gasteiger partial charge is 0.225 e. The van der Waals surface area contributed by atoms with Gasteiger partial charge in [0, 0.05) is 43.3 Å². The lowest BCUT2D eigenvalue weighted by atomic mass is 10.2. The Bertz CT molecular complexity index is 977. The lowest BCUT2D eigenvalue weighted by Gasteiger charge is -2.26. The third-order valence-electron chi connectivity index (χ3n) is 5.05. The van der Waals surface area contributed by atoms with Crippen LogP contribution < -0.4 is 20.1 Å². The van der Waals surface area contributed by atoms with E-state index in [1.807, 2.05) is 42.5 Å². The second kappa shape index (κ2) is 9.60. The Kier molecular flexibility index (Phi) is 6.46. The number of morpholine rings is 1. The predicted molar refractivity (Wildman–Crippen MR) is 118 cm³/mol. The highest BCUT2D eigenvalue weighted by atomic mass is 16.5. The van der Waals surface area contributed by atoms with Gasteiger partial charge in [-0.15, -0.1) is 0 Å². The fraction of sp³-hybridized carbons (Fsp3) is 0.364. The summed E-state index contributed by atoms with van der Waals surface area (Å²) in [5, 5.41) is 7.62. The van der Waals surface area contributed by atoms with Crippen molar-refractivity contribution in [2.75, 3.05) is 64.2 Å². The summed E-state index contributed by atoms with van der Waals surface area (Å²) in [4.78, 5) is 11.8. The normalized spacial score (nSPS) is 14.5. The van der Waals surface area contributed by atoms with E-state index in [2.05, 4.69) is 15.5 Å². The third-order valence-corrected chi connectivity index (χ3v) is 5.05. The quantitative estimate of drug-likeness (QED) is 0.587. The first-order valence-corrected chi connectivity index (χ1v) is 10.1. The highest BCUT2D eigenvalue weighted by Gasteiger charge is 2.14. The van der Waals surface area contributed by atoms with Crippen LogP contribution in [0.4, 0.5) is 17.5 Å². The van der Waals surface area contributed by atoms with Crippen molar-refractivity contribution in [2.24, 2.45) is 0 Å². The van der Waals surface area contributed by atoms with Crippen LogP contribution in [-0.4, -0.2) is 68.5 Å². The minimum atomic E-state index is 0.571. The molecule has 30 heavy (non-hydrogen) atoms. The topological polar surface area (TPSA) is 80.8 Å². The lowest BCUT2D eigenvalue weighted by Crippen LogP contribution is -2.39. The molecule has 0 unspecified atom stereocenters. The van der Waals surface area contributed by atoms with E-state index in [1.54, 1.807) is 14.2 Å². The van der Waals surface area contributed by atoms with Crippen LogP contribution in [-0.2, 0) is 4.74 Å². The van der Waals surface area contributed by atoms with Crippen molar-refractivity contribution in [3.05, 3.63) is 42.5 Å². The molecule has 8 nitrogen and oxygen atoms in total. The molecule has 2 aromatic carbocycles. The van der Waals surface area contributed by atoms with E-state index in [1.165, 1.54) is 0 Å². The largest absolute Gasteiger partial charge is 0.493 e. The molecule has 0 aliphatic carbocycles. The number of nitrogens with one attached hydrogen (secondary N) is 2. The van der Waals surface area contributed by atoms with Gasteiger partial charge < -0.3 is 24.8 Å². The number of anilines is 3. The van der Waals surface area contributed by atoms with Gasteiger partial charge in [-0.2, -0.15) is 4.98 Å². The number of ether oxygens (including phenoxy) is 3. The molecule has 4 rings (SSSR count). The molecule has 0 spiro atoms. The van der Waals surface area contributed by atoms with Crippen LogP contribution >= 0.6 is 0 Å². The first-order chi connectivity index (χ1) is 14.8. The lowest BCUT2D eigenvalue weighted by molar-refractivity contribution is 0.0398. The Morgan fingerprint density at radius 2 is 1.73 bits per heavy atom. The summed E-state index contributed by atoms with van der Waals surface area (Å²) in [6, 6.07) is 13.7. The highest BCUT2D eigenvalue weighted by molar-refractivity contribution is 5.94. The zero-order valence-electron chi connectivity index (χ0n) is 17.4. The molecular formula is C22H27N5O3. The van der Waals surface area contributed by atoms with Gasteiger partial charge in [0.1, 0.15) is 5.82 Å². The van der Waals surface area contributed by atoms with Crippen LogP contribution in [0.1, 0.15) is 0 Å². The summed E-state index contributed by atoms with van der Waals surface area (Å²) in [7, 11) is 3.24. The maximum absolute atomic E-state index is 5.47. The van der Waals surface area contributed by atoms with Crippen molar-refractivity contribution >= 4 is 28.4 Å². The van der Waals surface area contributed by atoms with Crippen LogP contribution in [0.5, 0.6) is 11.5 Å². The molecule has 158 valence electrons. The van der Waals surface area contributed by atoms with E-state index in [-0.39, 0.29) is 0 Å². The first-order valence-electron chi connectivity index (χ1n) is 10.1. The Morgan fingerprint density at radius 3 is 2.47 bits per heavy atom. The van der Waals surface area contributed by atoms with Crippen molar-refractivity contribution in [3.63, 3.8) is 0 Å². The molecule has 0 radical (unpaired) electrons. The van der Waals surface area contributed by atoms with Gasteiger partial charge >= 0.3 is 0 Å². The molecule has 1 aromatic heterocycles. The minimum absolute atomic E-state index is 0.571. The average molecular weight is 409 g/mol. The number of nitrogens with zero attached hydrogens (tertiary/aromatic N) is 3. The second-order valence-electron chi connectivity index (χ2n) is 6.99. The maximum Gasteiger partial charge on any atom is 0.225 e. The van der Waals surface area contributed by atoms with E-state index >= 15 is 0 Å². The predicted octanol–water partition coefficient (Wildman–Crippen LogP) is 3.13. The van der Waals surface area contributed by atoms with Gasteiger partial charge in [-0.1, -0.05) is 18.2 Å². The van der Waals surface area contributed by atoms with Crippen molar-refractivity contribution in [1.82, 2.24) is 14.9 Å². The number of aromatic nitrogens is 2. The first kappa shape index (κ1) is 20.2. The number of para-hydroxylation sites is 1. The molecule has 2 N–H and O–H groups in total. The molecule has 8 heteroatoms. The van der Waals surface area contributed by atoms with Gasteiger partial charge in [-0.05, 0) is 18.2 Å². The molecule has 0 amide bonds. The molecule has 3 aromatic rings. The highest BCUT2D eigenvalue weighted by Crippen LogP contribution is 2.35. The summed E-state index contributed by atoms with van der Waals surface area (Å²) in [5.41, 5.74) is 1.72. The monoisotopic (exact) mass is 409 g/mol. The van der Waals surface area contributed by atoms with Crippen molar-refractivity contribution < 1.29 is 14.2 Å². The van der Waals surface area contributed by atoms with E-state index in [9.17, 15) is 0 Å². The molecule has 0 atom stereocenters. The molecule has 0 saturated carbocycles. The van der Waals surface area contributed by atoms with Gasteiger partial charge in [-0.25, -0.2) is 4.98 Å². The Labute approximate surface area is 176 Å². The van der Waals surface area contributed by atoms with Crippen LogP contribution in [0, 0.1) is 0 Å². The fourth-order valence-electron chi connectivity index (χ4n) is 3.44. The van der Waals surface area contributed by atoms with E-state index in [0.29, 0.717) is 23.3 Å². The number of hydrogen-bond acceptors (Lipinski definition) is 8. The summed E-state index contributed by atoms with van der Waals surface area (Å²) in [5.74, 6) is 2.55. The molecule has 1 aliphatic rings. The Hall–Kier alpha value is -3.10. The summed E-state index contributed by atoms with van der Waals surface area (Å²) >= 11 is 0. The van der Waals surface area contributed by atoms with Crippen molar-refractivity contribution in [2.45, 2.75) is 0 Å². The Morgan fingerprint density at radius 1 is 1.00 bits per heavy atom. The van der Waals surface area contributed by atoms with Gasteiger partial charge in [0.15, 0.2) is 11.5 Å². The van der Waals surface area contributed by atoms with Crippen LogP contribution in [0.25, 0.3) is 10.9 Å². The zero-order chi connectivity index (χ0) is 20.8. The van der Waals surface area contributed by atoms with E-state index in [4.69, 9.17) is 24.2 Å². The van der Waals surface area contributed by atoms with Crippen molar-refractivity contribution in [3.8, 4) is 11.5 Å². The van der Waals surface area contributed by atoms with Crippen LogP contribution in [0.2, 0.25) is 0 Å². The fourth-order valence-corrected chi connectivity index (χ4v) is 3.44. The van der Waals surface area contributed by atoms with Gasteiger partial charge in [0.25, 0.3) is 0 Å². The van der Waals surface area contributed by atoms with Gasteiger partial charge in [0.05, 0.1) is 33.0 Å². The van der Waals surface area contributed by atoms with E-state index in [0.717, 1.165) is 56.0 Å². The minimum Gasteiger partial charge on any atom is -0.493 e. The summed E-state index contributed by atoms with van der Waals surface area (Å²) < 4.78 is 16.3. The number of rotatable bonds is 8. The molecule has 0 bridgehead atoms. The van der Waals surface area contributed by atoms with E-state index < -0.39 is 0 Å². The van der Waals surface area contributed by atoms with Crippen molar-refractivity contribution in [1.29, 1.82) is 0 Å². The molecule has 1 saturated heterocycles. The SMILES string of the molecule is COc1cc2nc(NCCN3CCOCC3)nc(Nc3ccccc3)c2cc1OC. The number of fused-ring (bicyclic) bond motifs is 1. The number of benzene rings is 2. The van der Waals surface area contributed by atoms with Crippen LogP contribution in [0.3, 0.4) is 0 Å². The van der Waals surface area contributed by atoms with Gasteiger partial charge in [-0.3, -0.25) is 4.90 Å². The molecular weight excluding hydrogens is 382 g/mol. The zero-order valence-corrected chi connectivity index (χ0v) is 17.4. The van der Waals surface area contributed by atoms with Gasteiger partial charge in [0.2, 0.25) is 5.95 Å².